The molecule has 22 heavy (non-hydrogen) atoms. The van der Waals surface area contributed by atoms with E-state index in [0.29, 0.717) is 38.6 Å². The van der Waals surface area contributed by atoms with Gasteiger partial charge in [0, 0.05) is 13.1 Å². The molecule has 1 saturated heterocycles. The summed E-state index contributed by atoms with van der Waals surface area (Å²) in [6, 6.07) is 12.5. The van der Waals surface area contributed by atoms with Crippen LogP contribution < -0.4 is 0 Å². The first-order valence-electron chi connectivity index (χ1n) is 8.07. The van der Waals surface area contributed by atoms with Gasteiger partial charge in [-0.2, -0.15) is 5.26 Å². The van der Waals surface area contributed by atoms with Crippen molar-refractivity contribution in [2.45, 2.75) is 32.1 Å². The number of ether oxygens (including phenoxy) is 1. The van der Waals surface area contributed by atoms with Crippen LogP contribution in [0.4, 0.5) is 0 Å². The monoisotopic (exact) mass is 300 g/mol. The smallest absolute Gasteiger partial charge is 0.240 e. The van der Waals surface area contributed by atoms with Crippen LogP contribution in [0.15, 0.2) is 30.3 Å². The van der Waals surface area contributed by atoms with Gasteiger partial charge in [0.15, 0.2) is 0 Å². The van der Waals surface area contributed by atoms with Gasteiger partial charge >= 0.3 is 0 Å². The molecule has 0 N–H and O–H groups in total. The quantitative estimate of drug-likeness (QED) is 0.811. The molecule has 2 unspecified atom stereocenters. The normalized spacial score (nSPS) is 17.5. The van der Waals surface area contributed by atoms with Gasteiger partial charge in [-0.3, -0.25) is 4.79 Å². The van der Waals surface area contributed by atoms with E-state index in [4.69, 9.17) is 4.74 Å². The molecule has 1 heterocycles. The van der Waals surface area contributed by atoms with E-state index < -0.39 is 5.92 Å². The Hall–Kier alpha value is -1.86. The highest BCUT2D eigenvalue weighted by Crippen LogP contribution is 2.27. The molecule has 2 rings (SSSR count). The Bertz CT molecular complexity index is 504. The standard InChI is InChI=1S/C18H24N2O2/c1-2-15(16-6-4-3-5-7-16)8-9-17(14-19)18(21)20-10-12-22-13-11-20/h3-7,15,17H,2,8-13H2,1H3. The maximum Gasteiger partial charge on any atom is 0.240 e. The van der Waals surface area contributed by atoms with Crippen molar-refractivity contribution >= 4 is 5.91 Å². The highest BCUT2D eigenvalue weighted by atomic mass is 16.5. The molecule has 1 amide bonds. The van der Waals surface area contributed by atoms with Crippen LogP contribution in [-0.2, 0) is 9.53 Å². The van der Waals surface area contributed by atoms with Crippen LogP contribution in [0.2, 0.25) is 0 Å². The zero-order chi connectivity index (χ0) is 15.8. The molecule has 1 aliphatic heterocycles. The summed E-state index contributed by atoms with van der Waals surface area (Å²) >= 11 is 0. The maximum absolute atomic E-state index is 12.4. The summed E-state index contributed by atoms with van der Waals surface area (Å²) in [7, 11) is 0. The first-order chi connectivity index (χ1) is 10.8. The van der Waals surface area contributed by atoms with E-state index in [0.717, 1.165) is 12.8 Å². The molecule has 1 aliphatic rings. The van der Waals surface area contributed by atoms with Crippen molar-refractivity contribution in [2.75, 3.05) is 26.3 Å². The molecule has 0 aliphatic carbocycles. The molecule has 1 fully saturated rings. The third-order valence-electron chi connectivity index (χ3n) is 4.34. The first kappa shape index (κ1) is 16.5. The Morgan fingerprint density at radius 3 is 2.55 bits per heavy atom. The first-order valence-corrected chi connectivity index (χ1v) is 8.07. The summed E-state index contributed by atoms with van der Waals surface area (Å²) in [5.41, 5.74) is 1.29. The summed E-state index contributed by atoms with van der Waals surface area (Å²) < 4.78 is 5.26. The van der Waals surface area contributed by atoms with Crippen molar-refractivity contribution in [3.63, 3.8) is 0 Å². The average Bonchev–Trinajstić information content (AvgIpc) is 2.60. The summed E-state index contributed by atoms with van der Waals surface area (Å²) in [5.74, 6) is -0.154. The van der Waals surface area contributed by atoms with E-state index in [-0.39, 0.29) is 5.91 Å². The second-order valence-corrected chi connectivity index (χ2v) is 5.71. The number of nitriles is 1. The summed E-state index contributed by atoms with van der Waals surface area (Å²) in [6.45, 7) is 4.51. The lowest BCUT2D eigenvalue weighted by Crippen LogP contribution is -2.43. The van der Waals surface area contributed by atoms with E-state index in [1.807, 2.05) is 18.2 Å². The van der Waals surface area contributed by atoms with Gasteiger partial charge in [0.25, 0.3) is 0 Å². The van der Waals surface area contributed by atoms with E-state index in [2.05, 4.69) is 25.1 Å². The van der Waals surface area contributed by atoms with Crippen LogP contribution in [0.5, 0.6) is 0 Å². The number of carbonyl (C=O) groups excluding carboxylic acids is 1. The Balaban J connectivity index is 1.92. The molecule has 118 valence electrons. The van der Waals surface area contributed by atoms with Crippen LogP contribution in [-0.4, -0.2) is 37.1 Å². The molecule has 4 heteroatoms. The van der Waals surface area contributed by atoms with Gasteiger partial charge in [0.1, 0.15) is 5.92 Å². The minimum atomic E-state index is -0.532. The second-order valence-electron chi connectivity index (χ2n) is 5.71. The van der Waals surface area contributed by atoms with Crippen molar-refractivity contribution < 1.29 is 9.53 Å². The number of hydrogen-bond acceptors (Lipinski definition) is 3. The van der Waals surface area contributed by atoms with Gasteiger partial charge < -0.3 is 9.64 Å². The topological polar surface area (TPSA) is 53.3 Å². The second kappa shape index (κ2) is 8.55. The number of morpholine rings is 1. The molecular weight excluding hydrogens is 276 g/mol. The van der Waals surface area contributed by atoms with E-state index >= 15 is 0 Å². The van der Waals surface area contributed by atoms with Crippen molar-refractivity contribution in [1.29, 1.82) is 5.26 Å². The van der Waals surface area contributed by atoms with Gasteiger partial charge in [-0.15, -0.1) is 0 Å². The number of carbonyl (C=O) groups is 1. The van der Waals surface area contributed by atoms with Gasteiger partial charge in [-0.25, -0.2) is 0 Å². The molecule has 4 nitrogen and oxygen atoms in total. The van der Waals surface area contributed by atoms with Gasteiger partial charge in [0.2, 0.25) is 5.91 Å². The molecule has 0 spiro atoms. The predicted molar refractivity (Wildman–Crippen MR) is 85.2 cm³/mol. The van der Waals surface area contributed by atoms with Crippen molar-refractivity contribution in [3.8, 4) is 6.07 Å². The van der Waals surface area contributed by atoms with Crippen LogP contribution in [0.25, 0.3) is 0 Å². The Morgan fingerprint density at radius 1 is 1.27 bits per heavy atom. The highest BCUT2D eigenvalue weighted by molar-refractivity contribution is 5.81. The van der Waals surface area contributed by atoms with E-state index in [1.165, 1.54) is 5.56 Å². The zero-order valence-electron chi connectivity index (χ0n) is 13.2. The number of hydrogen-bond donors (Lipinski definition) is 0. The summed E-state index contributed by atoms with van der Waals surface area (Å²) in [6.07, 6.45) is 2.52. The Morgan fingerprint density at radius 2 is 1.95 bits per heavy atom. The molecule has 0 bridgehead atoms. The maximum atomic E-state index is 12.4. The Labute approximate surface area is 132 Å². The molecule has 1 aromatic carbocycles. The van der Waals surface area contributed by atoms with Gasteiger partial charge in [0.05, 0.1) is 19.3 Å². The number of amides is 1. The molecule has 0 radical (unpaired) electrons. The van der Waals surface area contributed by atoms with Gasteiger partial charge in [-0.1, -0.05) is 37.3 Å². The lowest BCUT2D eigenvalue weighted by Gasteiger charge is -2.28. The van der Waals surface area contributed by atoms with Crippen LogP contribution in [0.3, 0.4) is 0 Å². The molecule has 2 atom stereocenters. The third-order valence-corrected chi connectivity index (χ3v) is 4.34. The zero-order valence-corrected chi connectivity index (χ0v) is 13.2. The SMILES string of the molecule is CCC(CCC(C#N)C(=O)N1CCOCC1)c1ccccc1. The van der Waals surface area contributed by atoms with Crippen LogP contribution in [0, 0.1) is 17.2 Å². The van der Waals surface area contributed by atoms with Gasteiger partial charge in [-0.05, 0) is 30.7 Å². The van der Waals surface area contributed by atoms with Crippen molar-refractivity contribution in [2.24, 2.45) is 5.92 Å². The number of benzene rings is 1. The Kier molecular flexibility index (Phi) is 6.42. The lowest BCUT2D eigenvalue weighted by molar-refractivity contribution is -0.138. The fourth-order valence-corrected chi connectivity index (χ4v) is 2.95. The highest BCUT2D eigenvalue weighted by Gasteiger charge is 2.26. The van der Waals surface area contributed by atoms with Crippen LogP contribution in [0.1, 0.15) is 37.7 Å². The molecule has 0 saturated carbocycles. The fourth-order valence-electron chi connectivity index (χ4n) is 2.95. The lowest BCUT2D eigenvalue weighted by atomic mass is 9.88. The predicted octanol–water partition coefficient (Wildman–Crippen LogP) is 2.96. The van der Waals surface area contributed by atoms with Crippen molar-refractivity contribution in [3.05, 3.63) is 35.9 Å². The van der Waals surface area contributed by atoms with Crippen LogP contribution >= 0.6 is 0 Å². The largest absolute Gasteiger partial charge is 0.378 e. The van der Waals surface area contributed by atoms with E-state index in [1.54, 1.807) is 4.90 Å². The fraction of sp³-hybridized carbons (Fsp3) is 0.556. The minimum absolute atomic E-state index is 0.0336. The molecule has 1 aromatic rings. The minimum Gasteiger partial charge on any atom is -0.378 e. The van der Waals surface area contributed by atoms with Crippen molar-refractivity contribution in [1.82, 2.24) is 4.90 Å². The molecule has 0 aromatic heterocycles. The van der Waals surface area contributed by atoms with E-state index in [9.17, 15) is 10.1 Å². The third kappa shape index (κ3) is 4.32. The number of rotatable bonds is 6. The average molecular weight is 300 g/mol. The summed E-state index contributed by atoms with van der Waals surface area (Å²) in [5, 5.41) is 9.35. The number of nitrogens with zero attached hydrogens (tertiary/aromatic N) is 2. The summed E-state index contributed by atoms with van der Waals surface area (Å²) in [4.78, 5) is 14.2. The molecular formula is C18H24N2O2.